The van der Waals surface area contributed by atoms with Crippen molar-refractivity contribution in [3.8, 4) is 18.1 Å². The largest absolute Gasteiger partial charge is 0.493 e. The number of hydrogen-bond donors (Lipinski definition) is 0. The molecule has 1 rings (SSSR count). The minimum absolute atomic E-state index is 0.107. The van der Waals surface area contributed by atoms with E-state index in [1.165, 1.54) is 0 Å². The highest BCUT2D eigenvalue weighted by Gasteiger charge is 2.23. The minimum Gasteiger partial charge on any atom is -0.493 e. The number of methoxy groups -OCH3 is 1. The van der Waals surface area contributed by atoms with Crippen molar-refractivity contribution in [1.82, 2.24) is 9.97 Å². The second kappa shape index (κ2) is 3.90. The van der Waals surface area contributed by atoms with Crippen LogP contribution >= 0.6 is 0 Å². The third-order valence-corrected chi connectivity index (χ3v) is 2.08. The Morgan fingerprint density at radius 2 is 1.87 bits per heavy atom. The van der Waals surface area contributed by atoms with Gasteiger partial charge in [-0.2, -0.15) is 0 Å². The number of ether oxygens (including phenoxy) is 1. The first-order valence-electron chi connectivity index (χ1n) is 4.80. The van der Waals surface area contributed by atoms with Crippen molar-refractivity contribution >= 4 is 0 Å². The average molecular weight is 204 g/mol. The zero-order valence-corrected chi connectivity index (χ0v) is 9.88. The van der Waals surface area contributed by atoms with Gasteiger partial charge in [0.2, 0.25) is 5.82 Å². The van der Waals surface area contributed by atoms with Gasteiger partial charge in [-0.15, -0.1) is 6.42 Å². The monoisotopic (exact) mass is 204 g/mol. The van der Waals surface area contributed by atoms with Gasteiger partial charge in [0.05, 0.1) is 18.5 Å². The maximum absolute atomic E-state index is 5.31. The second-order valence-corrected chi connectivity index (χ2v) is 4.41. The lowest BCUT2D eigenvalue weighted by atomic mass is 9.90. The van der Waals surface area contributed by atoms with Crippen molar-refractivity contribution in [2.75, 3.05) is 7.11 Å². The van der Waals surface area contributed by atoms with Gasteiger partial charge in [-0.1, -0.05) is 20.8 Å². The summed E-state index contributed by atoms with van der Waals surface area (Å²) in [6.07, 6.45) is 5.31. The molecule has 0 saturated heterocycles. The van der Waals surface area contributed by atoms with Crippen LogP contribution in [-0.4, -0.2) is 17.1 Å². The third-order valence-electron chi connectivity index (χ3n) is 2.08. The Morgan fingerprint density at radius 3 is 2.27 bits per heavy atom. The highest BCUT2D eigenvalue weighted by atomic mass is 16.5. The van der Waals surface area contributed by atoms with E-state index in [1.54, 1.807) is 7.11 Å². The zero-order valence-electron chi connectivity index (χ0n) is 9.88. The van der Waals surface area contributed by atoms with Gasteiger partial charge in [-0.25, -0.2) is 9.97 Å². The summed E-state index contributed by atoms with van der Waals surface area (Å²) < 4.78 is 5.31. The lowest BCUT2D eigenvalue weighted by Gasteiger charge is -2.21. The Balaban J connectivity index is 3.48. The Morgan fingerprint density at radius 1 is 1.27 bits per heavy atom. The summed E-state index contributed by atoms with van der Waals surface area (Å²) in [7, 11) is 1.62. The normalized spacial score (nSPS) is 10.9. The molecule has 0 aliphatic carbocycles. The number of nitrogens with zero attached hydrogens (tertiary/aromatic N) is 2. The Labute approximate surface area is 90.9 Å². The maximum Gasteiger partial charge on any atom is 0.205 e. The molecule has 3 nitrogen and oxygen atoms in total. The van der Waals surface area contributed by atoms with Crippen molar-refractivity contribution in [2.45, 2.75) is 33.1 Å². The van der Waals surface area contributed by atoms with Crippen molar-refractivity contribution < 1.29 is 4.74 Å². The van der Waals surface area contributed by atoms with E-state index in [1.807, 2.05) is 6.92 Å². The standard InChI is InChI=1S/C12H16N2O/c1-7-9-13-8(2)10(15-6)11(14-9)12(3,4)5/h1H,2-6H3. The molecule has 15 heavy (non-hydrogen) atoms. The van der Waals surface area contributed by atoms with Crippen LogP contribution in [0.1, 0.15) is 38.0 Å². The molecule has 0 aliphatic rings. The molecule has 1 heterocycles. The van der Waals surface area contributed by atoms with Gasteiger partial charge in [0.15, 0.2) is 5.75 Å². The van der Waals surface area contributed by atoms with E-state index in [0.29, 0.717) is 5.82 Å². The van der Waals surface area contributed by atoms with Gasteiger partial charge in [0.25, 0.3) is 0 Å². The van der Waals surface area contributed by atoms with Gasteiger partial charge in [0.1, 0.15) is 0 Å². The van der Waals surface area contributed by atoms with E-state index in [2.05, 4.69) is 36.7 Å². The summed E-state index contributed by atoms with van der Waals surface area (Å²) in [5.41, 5.74) is 1.53. The molecule has 0 saturated carbocycles. The summed E-state index contributed by atoms with van der Waals surface area (Å²) >= 11 is 0. The average Bonchev–Trinajstić information content (AvgIpc) is 2.15. The lowest BCUT2D eigenvalue weighted by molar-refractivity contribution is 0.385. The molecule has 0 fully saturated rings. The molecule has 0 amide bonds. The van der Waals surface area contributed by atoms with Crippen LogP contribution < -0.4 is 4.74 Å². The molecule has 0 atom stereocenters. The van der Waals surface area contributed by atoms with Crippen LogP contribution in [0.25, 0.3) is 0 Å². The number of hydrogen-bond acceptors (Lipinski definition) is 3. The molecule has 0 aliphatic heterocycles. The van der Waals surface area contributed by atoms with E-state index in [-0.39, 0.29) is 5.41 Å². The predicted molar refractivity (Wildman–Crippen MR) is 60.0 cm³/mol. The van der Waals surface area contributed by atoms with E-state index < -0.39 is 0 Å². The molecular formula is C12H16N2O. The van der Waals surface area contributed by atoms with Gasteiger partial charge in [-0.3, -0.25) is 0 Å². The minimum atomic E-state index is -0.107. The van der Waals surface area contributed by atoms with E-state index in [0.717, 1.165) is 17.1 Å². The van der Waals surface area contributed by atoms with Crippen molar-refractivity contribution in [3.63, 3.8) is 0 Å². The van der Waals surface area contributed by atoms with Crippen molar-refractivity contribution in [3.05, 3.63) is 17.2 Å². The summed E-state index contributed by atoms with van der Waals surface area (Å²) in [6.45, 7) is 8.07. The quantitative estimate of drug-likeness (QED) is 0.657. The fourth-order valence-corrected chi connectivity index (χ4v) is 1.38. The molecule has 1 aromatic heterocycles. The van der Waals surface area contributed by atoms with Crippen molar-refractivity contribution in [2.24, 2.45) is 0 Å². The fraction of sp³-hybridized carbons (Fsp3) is 0.500. The van der Waals surface area contributed by atoms with E-state index in [9.17, 15) is 0 Å². The Bertz CT molecular complexity index is 411. The number of aryl methyl sites for hydroxylation is 1. The first-order chi connectivity index (χ1) is 6.90. The molecule has 80 valence electrons. The SMILES string of the molecule is C#Cc1nc(C)c(OC)c(C(C)(C)C)n1. The molecule has 0 bridgehead atoms. The molecule has 0 spiro atoms. The molecular weight excluding hydrogens is 188 g/mol. The van der Waals surface area contributed by atoms with Gasteiger partial charge in [-0.05, 0) is 12.8 Å². The Kier molecular flexibility index (Phi) is 2.99. The van der Waals surface area contributed by atoms with Gasteiger partial charge >= 0.3 is 0 Å². The van der Waals surface area contributed by atoms with Crippen LogP contribution in [0.4, 0.5) is 0 Å². The van der Waals surface area contributed by atoms with E-state index >= 15 is 0 Å². The number of aromatic nitrogens is 2. The van der Waals surface area contributed by atoms with Crippen LogP contribution in [-0.2, 0) is 5.41 Å². The lowest BCUT2D eigenvalue weighted by Crippen LogP contribution is -2.17. The molecule has 0 unspecified atom stereocenters. The smallest absolute Gasteiger partial charge is 0.205 e. The third kappa shape index (κ3) is 2.27. The second-order valence-electron chi connectivity index (χ2n) is 4.41. The first kappa shape index (κ1) is 11.5. The molecule has 3 heteroatoms. The van der Waals surface area contributed by atoms with Crippen LogP contribution in [0.3, 0.4) is 0 Å². The van der Waals surface area contributed by atoms with Crippen LogP contribution in [0.5, 0.6) is 5.75 Å². The summed E-state index contributed by atoms with van der Waals surface area (Å²) in [4.78, 5) is 8.49. The summed E-state index contributed by atoms with van der Waals surface area (Å²) in [6, 6.07) is 0. The molecule has 1 aromatic rings. The van der Waals surface area contributed by atoms with Gasteiger partial charge < -0.3 is 4.74 Å². The number of rotatable bonds is 1. The Hall–Kier alpha value is -1.56. The highest BCUT2D eigenvalue weighted by Crippen LogP contribution is 2.30. The zero-order chi connectivity index (χ0) is 11.6. The van der Waals surface area contributed by atoms with E-state index in [4.69, 9.17) is 11.2 Å². The van der Waals surface area contributed by atoms with Crippen LogP contribution in [0.15, 0.2) is 0 Å². The summed E-state index contributed by atoms with van der Waals surface area (Å²) in [5, 5.41) is 0. The maximum atomic E-state index is 5.31. The van der Waals surface area contributed by atoms with Gasteiger partial charge in [0, 0.05) is 5.41 Å². The van der Waals surface area contributed by atoms with Crippen LogP contribution in [0, 0.1) is 19.3 Å². The predicted octanol–water partition coefficient (Wildman–Crippen LogP) is 2.07. The number of terminal acetylenes is 1. The molecule has 0 N–H and O–H groups in total. The van der Waals surface area contributed by atoms with Crippen LogP contribution in [0.2, 0.25) is 0 Å². The molecule has 0 aromatic carbocycles. The van der Waals surface area contributed by atoms with Crippen molar-refractivity contribution in [1.29, 1.82) is 0 Å². The topological polar surface area (TPSA) is 35.0 Å². The fourth-order valence-electron chi connectivity index (χ4n) is 1.38. The summed E-state index contributed by atoms with van der Waals surface area (Å²) in [5.74, 6) is 3.59. The first-order valence-corrected chi connectivity index (χ1v) is 4.80. The highest BCUT2D eigenvalue weighted by molar-refractivity contribution is 5.38. The molecule has 0 radical (unpaired) electrons.